The average molecular weight is 434 g/mol. The molecule has 0 spiro atoms. The van der Waals surface area contributed by atoms with Crippen LogP contribution in [0.4, 0.5) is 5.95 Å². The number of nitrogens with one attached hydrogen (secondary N) is 1. The molecule has 0 fully saturated rings. The minimum Gasteiger partial charge on any atom is -0.393 e. The summed E-state index contributed by atoms with van der Waals surface area (Å²) >= 11 is 0. The highest BCUT2D eigenvalue weighted by molar-refractivity contribution is 7.51. The summed E-state index contributed by atoms with van der Waals surface area (Å²) in [6, 6.07) is 0. The first-order valence-electron chi connectivity index (χ1n) is 9.20. The normalized spacial score (nSPS) is 13.9. The van der Waals surface area contributed by atoms with Gasteiger partial charge in [-0.2, -0.15) is 4.98 Å². The maximum absolute atomic E-state index is 11.7. The monoisotopic (exact) mass is 434 g/mol. The van der Waals surface area contributed by atoms with Crippen molar-refractivity contribution in [1.82, 2.24) is 24.4 Å². The molecule has 6 N–H and O–H groups in total. The molecule has 1 unspecified atom stereocenters. The Hall–Kier alpha value is -1.82. The van der Waals surface area contributed by atoms with E-state index in [1.165, 1.54) is 37.5 Å². The summed E-state index contributed by atoms with van der Waals surface area (Å²) in [4.78, 5) is 41.9. The molecule has 2 aromatic rings. The first kappa shape index (κ1) is 25.2. The lowest BCUT2D eigenvalue weighted by Crippen LogP contribution is -2.38. The highest BCUT2D eigenvalue weighted by atomic mass is 31.2. The molecule has 0 amide bonds. The Morgan fingerprint density at radius 3 is 2.34 bits per heavy atom. The standard InChI is InChI=1S/C10H16N5O6P.C6H15N/c1-10(3-16,21-5-22(18,19)20)2-15-4-12-6-7(15)13-9(11)14-8(6)17;1-4-7(5-2)6-3/h4,16H,2-3,5H2,1H3,(H2,18,19,20)(H3,11,13,14,17);4-6H2,1-3H3. The van der Waals surface area contributed by atoms with Crippen LogP contribution in [0, 0.1) is 0 Å². The summed E-state index contributed by atoms with van der Waals surface area (Å²) in [7, 11) is -4.38. The number of nitrogens with two attached hydrogens (primary N) is 1. The molecule has 0 aliphatic heterocycles. The van der Waals surface area contributed by atoms with E-state index in [4.69, 9.17) is 20.3 Å². The summed E-state index contributed by atoms with van der Waals surface area (Å²) in [5.74, 6) is -0.0962. The molecule has 0 aliphatic rings. The van der Waals surface area contributed by atoms with E-state index in [1.807, 2.05) is 0 Å². The van der Waals surface area contributed by atoms with Crippen LogP contribution in [-0.2, 0) is 15.8 Å². The van der Waals surface area contributed by atoms with Crippen molar-refractivity contribution in [2.75, 3.05) is 38.3 Å². The number of ether oxygens (including phenoxy) is 1. The van der Waals surface area contributed by atoms with Crippen molar-refractivity contribution in [2.45, 2.75) is 39.8 Å². The molecule has 1 atom stereocenters. The van der Waals surface area contributed by atoms with Gasteiger partial charge in [0.25, 0.3) is 5.56 Å². The Morgan fingerprint density at radius 2 is 1.90 bits per heavy atom. The molecule has 0 radical (unpaired) electrons. The van der Waals surface area contributed by atoms with Crippen LogP contribution < -0.4 is 11.3 Å². The molecular weight excluding hydrogens is 403 g/mol. The van der Waals surface area contributed by atoms with Gasteiger partial charge in [-0.15, -0.1) is 0 Å². The number of hydrogen-bond donors (Lipinski definition) is 5. The zero-order valence-corrected chi connectivity index (χ0v) is 18.1. The van der Waals surface area contributed by atoms with E-state index in [9.17, 15) is 14.5 Å². The quantitative estimate of drug-likeness (QED) is 0.336. The highest BCUT2D eigenvalue weighted by Crippen LogP contribution is 2.36. The minimum absolute atomic E-state index is 0.0319. The topological polar surface area (TPSA) is 180 Å². The Bertz CT molecular complexity index is 871. The van der Waals surface area contributed by atoms with Crippen LogP contribution in [0.3, 0.4) is 0 Å². The number of aliphatic hydroxyl groups excluding tert-OH is 1. The second-order valence-electron chi connectivity index (χ2n) is 6.66. The smallest absolute Gasteiger partial charge is 0.351 e. The fourth-order valence-electron chi connectivity index (χ4n) is 2.50. The zero-order chi connectivity index (χ0) is 22.2. The van der Waals surface area contributed by atoms with Gasteiger partial charge in [0.2, 0.25) is 5.95 Å². The third kappa shape index (κ3) is 7.84. The predicted molar refractivity (Wildman–Crippen MR) is 110 cm³/mol. The molecule has 29 heavy (non-hydrogen) atoms. The lowest BCUT2D eigenvalue weighted by atomic mass is 10.1. The largest absolute Gasteiger partial charge is 0.393 e. The van der Waals surface area contributed by atoms with Crippen LogP contribution in [0.15, 0.2) is 11.1 Å². The van der Waals surface area contributed by atoms with Crippen LogP contribution >= 0.6 is 7.60 Å². The summed E-state index contributed by atoms with van der Waals surface area (Å²) in [6.07, 6.45) is 0.466. The Balaban J connectivity index is 0.000000516. The maximum atomic E-state index is 11.7. The first-order chi connectivity index (χ1) is 13.5. The zero-order valence-electron chi connectivity index (χ0n) is 17.2. The number of nitrogen functional groups attached to an aromatic ring is 1. The first-order valence-corrected chi connectivity index (χ1v) is 11.0. The highest BCUT2D eigenvalue weighted by Gasteiger charge is 2.29. The number of nitrogens with zero attached hydrogens (tertiary/aromatic N) is 4. The van der Waals surface area contributed by atoms with Gasteiger partial charge < -0.3 is 34.8 Å². The number of aromatic nitrogens is 4. The van der Waals surface area contributed by atoms with Gasteiger partial charge in [0.1, 0.15) is 11.9 Å². The number of imidazole rings is 1. The van der Waals surface area contributed by atoms with Gasteiger partial charge in [0.05, 0.1) is 19.5 Å². The third-order valence-electron chi connectivity index (χ3n) is 4.26. The molecule has 12 nitrogen and oxygen atoms in total. The molecule has 0 saturated carbocycles. The van der Waals surface area contributed by atoms with E-state index >= 15 is 0 Å². The van der Waals surface area contributed by atoms with Crippen LogP contribution in [0.2, 0.25) is 0 Å². The van der Waals surface area contributed by atoms with Crippen molar-refractivity contribution in [3.05, 3.63) is 16.7 Å². The van der Waals surface area contributed by atoms with Crippen molar-refractivity contribution >= 4 is 24.7 Å². The maximum Gasteiger partial charge on any atom is 0.351 e. The molecule has 2 heterocycles. The Labute approximate surface area is 168 Å². The van der Waals surface area contributed by atoms with E-state index in [0.29, 0.717) is 0 Å². The van der Waals surface area contributed by atoms with Gasteiger partial charge in [-0.1, -0.05) is 20.8 Å². The summed E-state index contributed by atoms with van der Waals surface area (Å²) < 4.78 is 17.4. The van der Waals surface area contributed by atoms with Crippen LogP contribution in [-0.4, -0.2) is 77.5 Å². The van der Waals surface area contributed by atoms with Gasteiger partial charge in [-0.3, -0.25) is 14.3 Å². The van der Waals surface area contributed by atoms with Gasteiger partial charge in [-0.05, 0) is 26.6 Å². The van der Waals surface area contributed by atoms with E-state index in [1.54, 1.807) is 0 Å². The van der Waals surface area contributed by atoms with Crippen molar-refractivity contribution in [3.8, 4) is 0 Å². The van der Waals surface area contributed by atoms with E-state index in [2.05, 4.69) is 40.6 Å². The number of aromatic amines is 1. The molecule has 2 rings (SSSR count). The number of rotatable bonds is 9. The molecule has 2 aromatic heterocycles. The van der Waals surface area contributed by atoms with Gasteiger partial charge in [0, 0.05) is 0 Å². The second kappa shape index (κ2) is 10.8. The van der Waals surface area contributed by atoms with E-state index < -0.39 is 31.7 Å². The average Bonchev–Trinajstić information content (AvgIpc) is 3.04. The lowest BCUT2D eigenvalue weighted by Gasteiger charge is -2.28. The number of fused-ring (bicyclic) bond motifs is 1. The third-order valence-corrected chi connectivity index (χ3v) is 4.72. The number of hydrogen-bond acceptors (Lipinski definition) is 8. The van der Waals surface area contributed by atoms with Gasteiger partial charge >= 0.3 is 7.60 Å². The molecule has 166 valence electrons. The SMILES string of the molecule is CC(CO)(Cn1cnc2c(=O)[nH]c(N)nc21)OCP(=O)(O)O.CCN(CC)CC. The van der Waals surface area contributed by atoms with Gasteiger partial charge in [-0.25, -0.2) is 4.98 Å². The summed E-state index contributed by atoms with van der Waals surface area (Å²) in [6.45, 7) is 11.0. The van der Waals surface area contributed by atoms with Crippen molar-refractivity contribution in [1.29, 1.82) is 0 Å². The van der Waals surface area contributed by atoms with Crippen molar-refractivity contribution in [2.24, 2.45) is 0 Å². The molecule has 13 heteroatoms. The number of anilines is 1. The molecule has 0 aromatic carbocycles. The molecular formula is C16H31N6O6P. The van der Waals surface area contributed by atoms with Crippen LogP contribution in [0.5, 0.6) is 0 Å². The lowest BCUT2D eigenvalue weighted by molar-refractivity contribution is -0.0622. The van der Waals surface area contributed by atoms with Crippen LogP contribution in [0.1, 0.15) is 27.7 Å². The number of H-pyrrole nitrogens is 1. The predicted octanol–water partition coefficient (Wildman–Crippen LogP) is -0.0473. The van der Waals surface area contributed by atoms with E-state index in [0.717, 1.165) is 0 Å². The molecule has 0 aliphatic carbocycles. The second-order valence-corrected chi connectivity index (χ2v) is 8.25. The minimum atomic E-state index is -4.38. The molecule has 0 bridgehead atoms. The van der Waals surface area contributed by atoms with Crippen LogP contribution in [0.25, 0.3) is 11.2 Å². The Kier molecular flexibility index (Phi) is 9.40. The number of aliphatic hydroxyl groups is 1. The fourth-order valence-corrected chi connectivity index (χ4v) is 2.98. The van der Waals surface area contributed by atoms with Crippen molar-refractivity contribution < 1.29 is 24.2 Å². The molecule has 0 saturated heterocycles. The van der Waals surface area contributed by atoms with Crippen molar-refractivity contribution in [3.63, 3.8) is 0 Å². The summed E-state index contributed by atoms with van der Waals surface area (Å²) in [5.41, 5.74) is 3.91. The fraction of sp³-hybridized carbons (Fsp3) is 0.688. The van der Waals surface area contributed by atoms with Gasteiger partial charge in [0.15, 0.2) is 11.2 Å². The van der Waals surface area contributed by atoms with E-state index in [-0.39, 0.29) is 23.7 Å². The Morgan fingerprint density at radius 1 is 1.31 bits per heavy atom. The summed E-state index contributed by atoms with van der Waals surface area (Å²) in [5, 5.41) is 9.44.